The maximum absolute atomic E-state index is 12.8. The van der Waals surface area contributed by atoms with Crippen LogP contribution >= 0.6 is 11.6 Å². The first kappa shape index (κ1) is 15.4. The number of hydrogen-bond donors (Lipinski definition) is 1. The number of benzene rings is 1. The quantitative estimate of drug-likeness (QED) is 0.934. The molecule has 1 N–H and O–H groups in total. The SMILES string of the molecule is CNC1=C(c2cc(OC)ccn2)C(=O)C(c2cccc(Cl)c2)O1. The van der Waals surface area contributed by atoms with Crippen LogP contribution in [0.4, 0.5) is 0 Å². The number of methoxy groups -OCH3 is 1. The molecule has 1 atom stereocenters. The Bertz CT molecular complexity index is 789. The van der Waals surface area contributed by atoms with E-state index in [2.05, 4.69) is 10.3 Å². The van der Waals surface area contributed by atoms with Crippen LogP contribution in [0.1, 0.15) is 17.4 Å². The molecule has 1 aromatic carbocycles. The number of ether oxygens (including phenoxy) is 2. The summed E-state index contributed by atoms with van der Waals surface area (Å²) < 4.78 is 11.0. The molecule has 1 aromatic heterocycles. The number of carbonyl (C=O) groups excluding carboxylic acids is 1. The van der Waals surface area contributed by atoms with Crippen LogP contribution in [0.5, 0.6) is 5.75 Å². The van der Waals surface area contributed by atoms with E-state index < -0.39 is 6.10 Å². The highest BCUT2D eigenvalue weighted by atomic mass is 35.5. The molecule has 0 aliphatic carbocycles. The van der Waals surface area contributed by atoms with Gasteiger partial charge in [-0.1, -0.05) is 23.7 Å². The lowest BCUT2D eigenvalue weighted by atomic mass is 10.00. The van der Waals surface area contributed by atoms with Crippen molar-refractivity contribution in [1.29, 1.82) is 0 Å². The first-order valence-electron chi connectivity index (χ1n) is 7.03. The van der Waals surface area contributed by atoms with Gasteiger partial charge in [-0.05, 0) is 18.2 Å². The Balaban J connectivity index is 2.00. The molecule has 0 saturated carbocycles. The number of nitrogens with zero attached hydrogens (tertiary/aromatic N) is 1. The Morgan fingerprint density at radius 3 is 2.83 bits per heavy atom. The molecule has 0 radical (unpaired) electrons. The van der Waals surface area contributed by atoms with Crippen LogP contribution in [-0.4, -0.2) is 24.9 Å². The molecule has 0 bridgehead atoms. The van der Waals surface area contributed by atoms with Crippen molar-refractivity contribution in [3.8, 4) is 5.75 Å². The van der Waals surface area contributed by atoms with E-state index in [9.17, 15) is 4.79 Å². The van der Waals surface area contributed by atoms with Crippen LogP contribution in [0, 0.1) is 0 Å². The van der Waals surface area contributed by atoms with Gasteiger partial charge in [-0.3, -0.25) is 9.78 Å². The van der Waals surface area contributed by atoms with Crippen molar-refractivity contribution in [3.63, 3.8) is 0 Å². The second-order valence-electron chi connectivity index (χ2n) is 4.95. The molecule has 23 heavy (non-hydrogen) atoms. The fourth-order valence-corrected chi connectivity index (χ4v) is 2.66. The zero-order valence-electron chi connectivity index (χ0n) is 12.7. The second kappa shape index (κ2) is 6.30. The molecule has 2 aromatic rings. The molecular weight excluding hydrogens is 316 g/mol. The number of ketones is 1. The van der Waals surface area contributed by atoms with Crippen molar-refractivity contribution in [3.05, 3.63) is 64.8 Å². The van der Waals surface area contributed by atoms with Crippen molar-refractivity contribution in [2.24, 2.45) is 0 Å². The van der Waals surface area contributed by atoms with Gasteiger partial charge in [0, 0.05) is 29.9 Å². The van der Waals surface area contributed by atoms with Gasteiger partial charge in [0.25, 0.3) is 0 Å². The van der Waals surface area contributed by atoms with E-state index in [1.165, 1.54) is 0 Å². The van der Waals surface area contributed by atoms with Crippen LogP contribution in [0.25, 0.3) is 5.57 Å². The highest BCUT2D eigenvalue weighted by Crippen LogP contribution is 2.37. The number of carbonyl (C=O) groups is 1. The van der Waals surface area contributed by atoms with Crippen molar-refractivity contribution in [1.82, 2.24) is 10.3 Å². The number of pyridine rings is 1. The highest BCUT2D eigenvalue weighted by Gasteiger charge is 2.37. The topological polar surface area (TPSA) is 60.5 Å². The zero-order valence-corrected chi connectivity index (χ0v) is 13.4. The molecule has 0 saturated heterocycles. The molecule has 0 amide bonds. The summed E-state index contributed by atoms with van der Waals surface area (Å²) in [6, 6.07) is 10.5. The first-order chi connectivity index (χ1) is 11.1. The Labute approximate surface area is 138 Å². The summed E-state index contributed by atoms with van der Waals surface area (Å²) >= 11 is 6.01. The molecule has 1 aliphatic heterocycles. The summed E-state index contributed by atoms with van der Waals surface area (Å²) in [6.07, 6.45) is 0.855. The van der Waals surface area contributed by atoms with Crippen molar-refractivity contribution in [2.45, 2.75) is 6.10 Å². The largest absolute Gasteiger partial charge is 0.497 e. The third-order valence-corrected chi connectivity index (χ3v) is 3.78. The first-order valence-corrected chi connectivity index (χ1v) is 7.40. The number of rotatable bonds is 4. The van der Waals surface area contributed by atoms with Crippen molar-refractivity contribution >= 4 is 23.0 Å². The minimum absolute atomic E-state index is 0.169. The minimum atomic E-state index is -0.737. The van der Waals surface area contributed by atoms with Crippen molar-refractivity contribution < 1.29 is 14.3 Å². The van der Waals surface area contributed by atoms with E-state index in [-0.39, 0.29) is 5.78 Å². The van der Waals surface area contributed by atoms with Crippen LogP contribution < -0.4 is 10.1 Å². The summed E-state index contributed by atoms with van der Waals surface area (Å²) in [5.74, 6) is 0.843. The smallest absolute Gasteiger partial charge is 0.215 e. The normalized spacial score (nSPS) is 17.2. The number of Topliss-reactive ketones (excluding diaryl/α,β-unsaturated/α-hetero) is 1. The van der Waals surface area contributed by atoms with Gasteiger partial charge in [0.05, 0.1) is 12.8 Å². The van der Waals surface area contributed by atoms with Gasteiger partial charge in [0.15, 0.2) is 6.10 Å². The van der Waals surface area contributed by atoms with Gasteiger partial charge < -0.3 is 14.8 Å². The van der Waals surface area contributed by atoms with Crippen molar-refractivity contribution in [2.75, 3.05) is 14.2 Å². The molecule has 0 spiro atoms. The molecular formula is C17H15ClN2O3. The standard InChI is InChI=1S/C17H15ClN2O3/c1-19-17-14(13-9-12(22-2)6-7-20-13)15(21)16(23-17)10-4-3-5-11(18)8-10/h3-9,16,19H,1-2H3. The van der Waals surface area contributed by atoms with E-state index in [0.717, 1.165) is 0 Å². The fraction of sp³-hybridized carbons (Fsp3) is 0.176. The second-order valence-corrected chi connectivity index (χ2v) is 5.39. The summed E-state index contributed by atoms with van der Waals surface area (Å²) in [6.45, 7) is 0. The molecule has 118 valence electrons. The number of hydrogen-bond acceptors (Lipinski definition) is 5. The monoisotopic (exact) mass is 330 g/mol. The Kier molecular flexibility index (Phi) is 4.21. The van der Waals surface area contributed by atoms with Gasteiger partial charge in [-0.15, -0.1) is 0 Å². The van der Waals surface area contributed by atoms with Crippen LogP contribution in [0.15, 0.2) is 48.5 Å². The number of nitrogens with one attached hydrogen (secondary N) is 1. The molecule has 0 fully saturated rings. The summed E-state index contributed by atoms with van der Waals surface area (Å²) in [4.78, 5) is 17.1. The molecule has 1 unspecified atom stereocenters. The molecule has 2 heterocycles. The molecule has 5 nitrogen and oxygen atoms in total. The zero-order chi connectivity index (χ0) is 16.4. The summed E-state index contributed by atoms with van der Waals surface area (Å²) in [7, 11) is 3.26. The lowest BCUT2D eigenvalue weighted by Gasteiger charge is -2.11. The Morgan fingerprint density at radius 2 is 2.13 bits per heavy atom. The average Bonchev–Trinajstić information content (AvgIpc) is 2.91. The Morgan fingerprint density at radius 1 is 1.30 bits per heavy atom. The third kappa shape index (κ3) is 2.87. The van der Waals surface area contributed by atoms with Gasteiger partial charge in [-0.25, -0.2) is 0 Å². The predicted octanol–water partition coefficient (Wildman–Crippen LogP) is 2.97. The summed E-state index contributed by atoms with van der Waals surface area (Å²) in [5.41, 5.74) is 1.60. The van der Waals surface area contributed by atoms with Crippen LogP contribution in [0.3, 0.4) is 0 Å². The van der Waals surface area contributed by atoms with Gasteiger partial charge in [0.2, 0.25) is 11.7 Å². The van der Waals surface area contributed by atoms with Gasteiger partial charge in [0.1, 0.15) is 11.3 Å². The molecule has 3 rings (SSSR count). The number of aromatic nitrogens is 1. The van der Waals surface area contributed by atoms with E-state index in [1.54, 1.807) is 50.7 Å². The van der Waals surface area contributed by atoms with Gasteiger partial charge >= 0.3 is 0 Å². The Hall–Kier alpha value is -2.53. The average molecular weight is 331 g/mol. The van der Waals surface area contributed by atoms with E-state index >= 15 is 0 Å². The van der Waals surface area contributed by atoms with E-state index in [1.807, 2.05) is 6.07 Å². The maximum Gasteiger partial charge on any atom is 0.215 e. The summed E-state index contributed by atoms with van der Waals surface area (Å²) in [5, 5.41) is 3.47. The molecule has 1 aliphatic rings. The lowest BCUT2D eigenvalue weighted by molar-refractivity contribution is -0.120. The molecule has 6 heteroatoms. The van der Waals surface area contributed by atoms with Gasteiger partial charge in [-0.2, -0.15) is 0 Å². The maximum atomic E-state index is 12.8. The number of halogens is 1. The lowest BCUT2D eigenvalue weighted by Crippen LogP contribution is -2.10. The van der Waals surface area contributed by atoms with Crippen LogP contribution in [-0.2, 0) is 9.53 Å². The minimum Gasteiger partial charge on any atom is -0.497 e. The predicted molar refractivity (Wildman–Crippen MR) is 87.1 cm³/mol. The van der Waals surface area contributed by atoms with E-state index in [0.29, 0.717) is 33.5 Å². The highest BCUT2D eigenvalue weighted by molar-refractivity contribution is 6.30. The van der Waals surface area contributed by atoms with E-state index in [4.69, 9.17) is 21.1 Å². The van der Waals surface area contributed by atoms with Crippen LogP contribution in [0.2, 0.25) is 5.02 Å². The fourth-order valence-electron chi connectivity index (χ4n) is 2.46. The third-order valence-electron chi connectivity index (χ3n) is 3.55.